The first-order valence-electron chi connectivity index (χ1n) is 5.80. The number of allylic oxidation sites excluding steroid dienone is 1. The number of halogens is 3. The number of carbonyl (C=O) groups is 2. The number of rotatable bonds is 5. The summed E-state index contributed by atoms with van der Waals surface area (Å²) in [4.78, 5) is 22.8. The van der Waals surface area contributed by atoms with Crippen molar-refractivity contribution in [2.45, 2.75) is 24.7 Å². The highest BCUT2D eigenvalue weighted by atomic mass is 19.4. The van der Waals surface area contributed by atoms with Crippen molar-refractivity contribution in [1.82, 2.24) is 10.2 Å². The summed E-state index contributed by atoms with van der Waals surface area (Å²) in [6, 6.07) is -2.26. The predicted octanol–water partition coefficient (Wildman–Crippen LogP) is 1.15. The van der Waals surface area contributed by atoms with Crippen LogP contribution in [0.3, 0.4) is 0 Å². The zero-order chi connectivity index (χ0) is 15.5. The van der Waals surface area contributed by atoms with Crippen LogP contribution in [0.5, 0.6) is 0 Å². The number of carboxylic acid groups (broad SMARTS) is 2. The molecule has 3 N–H and O–H groups in total. The van der Waals surface area contributed by atoms with E-state index in [1.165, 1.54) is 6.08 Å². The van der Waals surface area contributed by atoms with Crippen molar-refractivity contribution in [3.05, 3.63) is 12.7 Å². The van der Waals surface area contributed by atoms with Gasteiger partial charge >= 0.3 is 18.2 Å². The molecule has 0 unspecified atom stereocenters. The van der Waals surface area contributed by atoms with Crippen molar-refractivity contribution in [2.75, 3.05) is 13.1 Å². The number of carboxylic acids is 1. The first kappa shape index (κ1) is 16.3. The van der Waals surface area contributed by atoms with E-state index in [9.17, 15) is 22.8 Å². The Bertz CT molecular complexity index is 400. The summed E-state index contributed by atoms with van der Waals surface area (Å²) in [6.45, 7) is 1.82. The van der Waals surface area contributed by atoms with Crippen molar-refractivity contribution in [1.29, 1.82) is 0 Å². The number of likely N-dealkylation sites (tertiary alicyclic amines) is 1. The molecule has 1 aliphatic heterocycles. The third-order valence-corrected chi connectivity index (χ3v) is 3.15. The second-order valence-electron chi connectivity index (χ2n) is 4.51. The highest BCUT2D eigenvalue weighted by molar-refractivity contribution is 5.80. The molecule has 6 nitrogen and oxygen atoms in total. The fourth-order valence-electron chi connectivity index (χ4n) is 2.37. The van der Waals surface area contributed by atoms with Gasteiger partial charge < -0.3 is 15.5 Å². The topological polar surface area (TPSA) is 89.9 Å². The Labute approximate surface area is 112 Å². The molecule has 1 rings (SSSR count). The molecule has 0 bridgehead atoms. The molecule has 0 aliphatic carbocycles. The van der Waals surface area contributed by atoms with Gasteiger partial charge in [-0.15, -0.1) is 6.58 Å². The summed E-state index contributed by atoms with van der Waals surface area (Å²) in [6.07, 6.45) is -4.44. The summed E-state index contributed by atoms with van der Waals surface area (Å²) in [7, 11) is 0. The van der Waals surface area contributed by atoms with Crippen LogP contribution >= 0.6 is 0 Å². The lowest BCUT2D eigenvalue weighted by Gasteiger charge is -2.22. The minimum atomic E-state index is -4.45. The maximum atomic E-state index is 12.2. The highest BCUT2D eigenvalue weighted by Gasteiger charge is 2.48. The Morgan fingerprint density at radius 1 is 1.40 bits per heavy atom. The molecule has 0 spiro atoms. The molecule has 1 saturated heterocycles. The summed E-state index contributed by atoms with van der Waals surface area (Å²) in [5, 5.41) is 20.2. The molecule has 1 aliphatic rings. The highest BCUT2D eigenvalue weighted by Crippen LogP contribution is 2.29. The molecule has 20 heavy (non-hydrogen) atoms. The van der Waals surface area contributed by atoms with Gasteiger partial charge in [-0.1, -0.05) is 6.08 Å². The molecule has 0 aromatic heterocycles. The van der Waals surface area contributed by atoms with Crippen molar-refractivity contribution in [2.24, 2.45) is 5.92 Å². The van der Waals surface area contributed by atoms with Gasteiger partial charge in [0, 0.05) is 18.5 Å². The maximum absolute atomic E-state index is 12.2. The molecule has 0 aromatic rings. The lowest BCUT2D eigenvalue weighted by Crippen LogP contribution is -2.43. The fraction of sp³-hybridized carbons (Fsp3) is 0.636. The molecule has 1 fully saturated rings. The van der Waals surface area contributed by atoms with Crippen molar-refractivity contribution in [3.63, 3.8) is 0 Å². The molecule has 1 amide bonds. The van der Waals surface area contributed by atoms with Gasteiger partial charge in [-0.25, -0.2) is 9.59 Å². The van der Waals surface area contributed by atoms with E-state index in [-0.39, 0.29) is 13.0 Å². The van der Waals surface area contributed by atoms with Crippen LogP contribution in [0.25, 0.3) is 0 Å². The van der Waals surface area contributed by atoms with Crippen LogP contribution in [0.1, 0.15) is 6.42 Å². The number of nitrogens with zero attached hydrogens (tertiary/aromatic N) is 1. The Kier molecular flexibility index (Phi) is 4.98. The molecule has 0 saturated carbocycles. The van der Waals surface area contributed by atoms with Crippen LogP contribution in [0.2, 0.25) is 0 Å². The van der Waals surface area contributed by atoms with Gasteiger partial charge in [-0.2, -0.15) is 13.2 Å². The van der Waals surface area contributed by atoms with Crippen LogP contribution in [0.15, 0.2) is 12.7 Å². The van der Waals surface area contributed by atoms with E-state index in [0.717, 1.165) is 0 Å². The van der Waals surface area contributed by atoms with E-state index in [4.69, 9.17) is 10.2 Å². The van der Waals surface area contributed by atoms with Crippen molar-refractivity contribution >= 4 is 12.1 Å². The summed E-state index contributed by atoms with van der Waals surface area (Å²) in [5.74, 6) is -2.17. The first-order valence-corrected chi connectivity index (χ1v) is 5.80. The largest absolute Gasteiger partial charge is 0.480 e. The molecular weight excluding hydrogens is 281 g/mol. The second kappa shape index (κ2) is 6.12. The third-order valence-electron chi connectivity index (χ3n) is 3.15. The number of hydrogen-bond donors (Lipinski definition) is 3. The minimum Gasteiger partial charge on any atom is -0.480 e. The van der Waals surface area contributed by atoms with Crippen LogP contribution in [0.4, 0.5) is 18.0 Å². The molecule has 0 radical (unpaired) electrons. The molecule has 1 heterocycles. The van der Waals surface area contributed by atoms with Gasteiger partial charge in [0.25, 0.3) is 0 Å². The predicted molar refractivity (Wildman–Crippen MR) is 62.3 cm³/mol. The van der Waals surface area contributed by atoms with Gasteiger partial charge in [0.05, 0.1) is 6.54 Å². The number of aliphatic carboxylic acids is 1. The minimum absolute atomic E-state index is 0.107. The molecule has 0 aromatic carbocycles. The fourth-order valence-corrected chi connectivity index (χ4v) is 2.37. The Hall–Kier alpha value is -1.77. The van der Waals surface area contributed by atoms with Gasteiger partial charge in [-0.05, 0) is 6.42 Å². The smallest absolute Gasteiger partial charge is 0.408 e. The zero-order valence-electron chi connectivity index (χ0n) is 10.4. The number of amides is 1. The Morgan fingerprint density at radius 2 is 2.00 bits per heavy atom. The van der Waals surface area contributed by atoms with Crippen LogP contribution < -0.4 is 5.32 Å². The van der Waals surface area contributed by atoms with Crippen molar-refractivity contribution < 1.29 is 33.0 Å². The van der Waals surface area contributed by atoms with E-state index >= 15 is 0 Å². The van der Waals surface area contributed by atoms with E-state index in [2.05, 4.69) is 11.9 Å². The molecule has 9 heteroatoms. The lowest BCUT2D eigenvalue weighted by atomic mass is 9.92. The van der Waals surface area contributed by atoms with Crippen molar-refractivity contribution in [3.8, 4) is 0 Å². The van der Waals surface area contributed by atoms with Gasteiger partial charge in [-0.3, -0.25) is 4.90 Å². The number of alkyl halides is 3. The monoisotopic (exact) mass is 296 g/mol. The van der Waals surface area contributed by atoms with Crippen LogP contribution in [0, 0.1) is 5.92 Å². The average Bonchev–Trinajstić information content (AvgIpc) is 2.65. The van der Waals surface area contributed by atoms with E-state index in [0.29, 0.717) is 4.90 Å². The Morgan fingerprint density at radius 3 is 2.40 bits per heavy atom. The van der Waals surface area contributed by atoms with E-state index in [1.54, 1.807) is 0 Å². The van der Waals surface area contributed by atoms with Gasteiger partial charge in [0.15, 0.2) is 0 Å². The quantitative estimate of drug-likeness (QED) is 0.662. The van der Waals surface area contributed by atoms with Crippen LogP contribution in [-0.4, -0.2) is 58.5 Å². The normalized spacial score (nSPS) is 26.6. The third kappa shape index (κ3) is 3.86. The average molecular weight is 296 g/mol. The molecular formula is C11H15F3N2O4. The zero-order valence-corrected chi connectivity index (χ0v) is 10.4. The number of hydrogen-bond acceptors (Lipinski definition) is 3. The summed E-state index contributed by atoms with van der Waals surface area (Å²) in [5.41, 5.74) is 0. The molecule has 3 atom stereocenters. The maximum Gasteiger partial charge on any atom is 0.408 e. The van der Waals surface area contributed by atoms with E-state index < -0.39 is 42.8 Å². The number of nitrogens with one attached hydrogen (secondary N) is 1. The van der Waals surface area contributed by atoms with Gasteiger partial charge in [0.2, 0.25) is 0 Å². The SMILES string of the molecule is C=CC[C@@H]1[C@@H](NCC(F)(F)F)CN(C(=O)O)[C@@H]1C(=O)O. The summed E-state index contributed by atoms with van der Waals surface area (Å²) < 4.78 is 36.6. The second-order valence-corrected chi connectivity index (χ2v) is 4.51. The lowest BCUT2D eigenvalue weighted by molar-refractivity contribution is -0.142. The molecule has 114 valence electrons. The standard InChI is InChI=1S/C11H15F3N2O4/c1-2-3-6-7(15-5-11(12,13)14)4-16(10(19)20)8(6)9(17)18/h2,6-8,15H,1,3-5H2,(H,17,18)(H,19,20)/t6-,7+,8+/m1/s1. The van der Waals surface area contributed by atoms with Crippen LogP contribution in [-0.2, 0) is 4.79 Å². The summed E-state index contributed by atoms with van der Waals surface area (Å²) >= 11 is 0. The van der Waals surface area contributed by atoms with E-state index in [1.807, 2.05) is 0 Å². The first-order chi connectivity index (χ1) is 9.17. The van der Waals surface area contributed by atoms with Gasteiger partial charge in [0.1, 0.15) is 6.04 Å². The Balaban J connectivity index is 2.90.